The van der Waals surface area contributed by atoms with E-state index in [-0.39, 0.29) is 6.10 Å². The molecule has 0 saturated carbocycles. The number of para-hydroxylation sites is 1. The van der Waals surface area contributed by atoms with Gasteiger partial charge in [0.15, 0.2) is 0 Å². The van der Waals surface area contributed by atoms with E-state index in [1.807, 2.05) is 6.07 Å². The van der Waals surface area contributed by atoms with E-state index in [4.69, 9.17) is 4.74 Å². The van der Waals surface area contributed by atoms with Crippen LogP contribution in [0, 0.1) is 0 Å². The number of anilines is 1. The van der Waals surface area contributed by atoms with Crippen LogP contribution < -0.4 is 10.1 Å². The van der Waals surface area contributed by atoms with Crippen LogP contribution in [0.4, 0.5) is 5.69 Å². The number of ether oxygens (including phenoxy) is 1. The van der Waals surface area contributed by atoms with E-state index in [9.17, 15) is 0 Å². The van der Waals surface area contributed by atoms with Gasteiger partial charge in [-0.2, -0.15) is 0 Å². The number of rotatable bonds is 3. The normalized spacial score (nSPS) is 17.4. The smallest absolute Gasteiger partial charge is 0.119 e. The Balaban J connectivity index is 1.81. The Labute approximate surface area is 120 Å². The number of benzene rings is 2. The second kappa shape index (κ2) is 5.58. The number of nitrogens with one attached hydrogen (secondary N) is 1. The van der Waals surface area contributed by atoms with E-state index in [1.165, 1.54) is 16.8 Å². The summed E-state index contributed by atoms with van der Waals surface area (Å²) < 4.78 is 5.79. The molecule has 1 unspecified atom stereocenters. The van der Waals surface area contributed by atoms with Crippen LogP contribution >= 0.6 is 0 Å². The lowest BCUT2D eigenvalue weighted by atomic mass is 9.88. The molecule has 1 aliphatic rings. The maximum Gasteiger partial charge on any atom is 0.119 e. The van der Waals surface area contributed by atoms with Crippen LogP contribution in [0.15, 0.2) is 48.5 Å². The number of fused-ring (bicyclic) bond motifs is 1. The van der Waals surface area contributed by atoms with Gasteiger partial charge in [0.2, 0.25) is 0 Å². The van der Waals surface area contributed by atoms with Crippen LogP contribution in [0.3, 0.4) is 0 Å². The minimum absolute atomic E-state index is 0.218. The van der Waals surface area contributed by atoms with Crippen molar-refractivity contribution >= 4 is 5.69 Å². The molecule has 2 heteroatoms. The van der Waals surface area contributed by atoms with Crippen molar-refractivity contribution in [1.29, 1.82) is 0 Å². The molecule has 104 valence electrons. The Hall–Kier alpha value is -1.96. The largest absolute Gasteiger partial charge is 0.491 e. The van der Waals surface area contributed by atoms with Crippen molar-refractivity contribution in [2.24, 2.45) is 0 Å². The molecule has 1 heterocycles. The summed E-state index contributed by atoms with van der Waals surface area (Å²) in [6, 6.07) is 17.1. The molecule has 0 radical (unpaired) electrons. The van der Waals surface area contributed by atoms with Gasteiger partial charge in [-0.05, 0) is 49.6 Å². The highest BCUT2D eigenvalue weighted by atomic mass is 16.5. The molecule has 0 aromatic heterocycles. The molecule has 0 spiro atoms. The zero-order chi connectivity index (χ0) is 13.9. The standard InChI is InChI=1S/C18H21NO/c1-13(2)20-17-8-5-7-14(11-17)16-10-15-6-3-4-9-18(15)19-12-16/h3-9,11,13,16,19H,10,12H2,1-2H3. The minimum Gasteiger partial charge on any atom is -0.491 e. The summed E-state index contributed by atoms with van der Waals surface area (Å²) in [5, 5.41) is 3.53. The molecule has 3 rings (SSSR count). The van der Waals surface area contributed by atoms with Crippen LogP contribution in [0.5, 0.6) is 5.75 Å². The Morgan fingerprint density at radius 1 is 1.10 bits per heavy atom. The zero-order valence-electron chi connectivity index (χ0n) is 12.1. The topological polar surface area (TPSA) is 21.3 Å². The second-order valence-electron chi connectivity index (χ2n) is 5.68. The van der Waals surface area contributed by atoms with Gasteiger partial charge in [0.1, 0.15) is 5.75 Å². The average molecular weight is 267 g/mol. The van der Waals surface area contributed by atoms with E-state index in [1.54, 1.807) is 0 Å². The van der Waals surface area contributed by atoms with Crippen LogP contribution in [0.25, 0.3) is 0 Å². The summed E-state index contributed by atoms with van der Waals surface area (Å²) in [5.74, 6) is 1.48. The molecular weight excluding hydrogens is 246 g/mol. The molecule has 0 fully saturated rings. The van der Waals surface area contributed by atoms with E-state index < -0.39 is 0 Å². The monoisotopic (exact) mass is 267 g/mol. The van der Waals surface area contributed by atoms with Crippen molar-refractivity contribution in [3.8, 4) is 5.75 Å². The fraction of sp³-hybridized carbons (Fsp3) is 0.333. The van der Waals surface area contributed by atoms with Crippen molar-refractivity contribution < 1.29 is 4.74 Å². The lowest BCUT2D eigenvalue weighted by molar-refractivity contribution is 0.242. The second-order valence-corrected chi connectivity index (χ2v) is 5.68. The van der Waals surface area contributed by atoms with Gasteiger partial charge in [-0.3, -0.25) is 0 Å². The molecule has 2 aromatic rings. The maximum atomic E-state index is 5.79. The van der Waals surface area contributed by atoms with Gasteiger partial charge in [0, 0.05) is 18.2 Å². The molecule has 0 saturated heterocycles. The first-order valence-corrected chi connectivity index (χ1v) is 7.31. The van der Waals surface area contributed by atoms with Gasteiger partial charge in [0.05, 0.1) is 6.10 Å². The first kappa shape index (κ1) is 13.0. The lowest BCUT2D eigenvalue weighted by Gasteiger charge is -2.26. The van der Waals surface area contributed by atoms with Crippen molar-refractivity contribution in [3.63, 3.8) is 0 Å². The minimum atomic E-state index is 0.218. The third kappa shape index (κ3) is 2.79. The molecule has 1 aliphatic heterocycles. The number of hydrogen-bond acceptors (Lipinski definition) is 2. The molecule has 2 nitrogen and oxygen atoms in total. The van der Waals surface area contributed by atoms with Crippen molar-refractivity contribution in [1.82, 2.24) is 0 Å². The number of hydrogen-bond donors (Lipinski definition) is 1. The van der Waals surface area contributed by atoms with Crippen molar-refractivity contribution in [2.75, 3.05) is 11.9 Å². The fourth-order valence-corrected chi connectivity index (χ4v) is 2.79. The molecule has 1 atom stereocenters. The summed E-state index contributed by atoms with van der Waals surface area (Å²) in [4.78, 5) is 0. The van der Waals surface area contributed by atoms with Crippen LogP contribution in [0.1, 0.15) is 30.9 Å². The summed E-state index contributed by atoms with van der Waals surface area (Å²) in [7, 11) is 0. The van der Waals surface area contributed by atoms with Gasteiger partial charge < -0.3 is 10.1 Å². The maximum absolute atomic E-state index is 5.79. The first-order chi connectivity index (χ1) is 9.72. The van der Waals surface area contributed by atoms with Gasteiger partial charge in [-0.1, -0.05) is 30.3 Å². The third-order valence-corrected chi connectivity index (χ3v) is 3.72. The highest BCUT2D eigenvalue weighted by molar-refractivity contribution is 5.54. The van der Waals surface area contributed by atoms with E-state index >= 15 is 0 Å². The molecule has 2 aromatic carbocycles. The molecule has 1 N–H and O–H groups in total. The SMILES string of the molecule is CC(C)Oc1cccc(C2CNc3ccccc3C2)c1. The predicted octanol–water partition coefficient (Wildman–Crippen LogP) is 4.23. The van der Waals surface area contributed by atoms with Gasteiger partial charge >= 0.3 is 0 Å². The fourth-order valence-electron chi connectivity index (χ4n) is 2.79. The van der Waals surface area contributed by atoms with E-state index in [0.717, 1.165) is 18.7 Å². The summed E-state index contributed by atoms with van der Waals surface area (Å²) in [5.41, 5.74) is 4.03. The van der Waals surface area contributed by atoms with Crippen LogP contribution in [-0.4, -0.2) is 12.6 Å². The highest BCUT2D eigenvalue weighted by Gasteiger charge is 2.19. The molecule has 20 heavy (non-hydrogen) atoms. The highest BCUT2D eigenvalue weighted by Crippen LogP contribution is 2.31. The van der Waals surface area contributed by atoms with Gasteiger partial charge in [0.25, 0.3) is 0 Å². The summed E-state index contributed by atoms with van der Waals surface area (Å²) in [6.07, 6.45) is 1.31. The van der Waals surface area contributed by atoms with Gasteiger partial charge in [-0.15, -0.1) is 0 Å². The van der Waals surface area contributed by atoms with E-state index in [2.05, 4.69) is 61.6 Å². The Bertz CT molecular complexity index is 591. The lowest BCUT2D eigenvalue weighted by Crippen LogP contribution is -2.21. The Morgan fingerprint density at radius 3 is 2.80 bits per heavy atom. The first-order valence-electron chi connectivity index (χ1n) is 7.31. The summed E-state index contributed by atoms with van der Waals surface area (Å²) in [6.45, 7) is 5.11. The van der Waals surface area contributed by atoms with E-state index in [0.29, 0.717) is 5.92 Å². The third-order valence-electron chi connectivity index (χ3n) is 3.72. The average Bonchev–Trinajstić information content (AvgIpc) is 2.46. The molecular formula is C18H21NO. The molecule has 0 bridgehead atoms. The Morgan fingerprint density at radius 2 is 1.95 bits per heavy atom. The van der Waals surface area contributed by atoms with Crippen LogP contribution in [-0.2, 0) is 6.42 Å². The van der Waals surface area contributed by atoms with Crippen molar-refractivity contribution in [3.05, 3.63) is 59.7 Å². The van der Waals surface area contributed by atoms with Crippen LogP contribution in [0.2, 0.25) is 0 Å². The predicted molar refractivity (Wildman–Crippen MR) is 83.6 cm³/mol. The van der Waals surface area contributed by atoms with Gasteiger partial charge in [-0.25, -0.2) is 0 Å². The quantitative estimate of drug-likeness (QED) is 0.898. The Kier molecular flexibility index (Phi) is 3.64. The molecule has 0 amide bonds. The van der Waals surface area contributed by atoms with Crippen molar-refractivity contribution in [2.45, 2.75) is 32.3 Å². The zero-order valence-corrected chi connectivity index (χ0v) is 12.1. The summed E-state index contributed by atoms with van der Waals surface area (Å²) >= 11 is 0. The molecule has 0 aliphatic carbocycles.